The number of nitrogens with zero attached hydrogens (tertiary/aromatic N) is 4. The van der Waals surface area contributed by atoms with E-state index in [1.54, 1.807) is 0 Å². The van der Waals surface area contributed by atoms with Crippen molar-refractivity contribution in [1.29, 1.82) is 0 Å². The molecule has 2 aromatic heterocycles. The molecule has 1 amide bonds. The Bertz CT molecular complexity index is 492. The van der Waals surface area contributed by atoms with E-state index in [2.05, 4.69) is 30.6 Å². The van der Waals surface area contributed by atoms with Crippen molar-refractivity contribution >= 4 is 11.9 Å². The Labute approximate surface area is 103 Å². The largest absolute Gasteiger partial charge is 0.339 e. The first kappa shape index (κ1) is 12.2. The van der Waals surface area contributed by atoms with E-state index in [0.717, 1.165) is 12.8 Å². The SMILES string of the molecule is CCCc1noc(CCC(=O)Nc2ncn[nH]2)n1. The third-order valence-electron chi connectivity index (χ3n) is 2.22. The van der Waals surface area contributed by atoms with Gasteiger partial charge >= 0.3 is 0 Å². The lowest BCUT2D eigenvalue weighted by Crippen LogP contribution is -2.13. The average Bonchev–Trinajstić information content (AvgIpc) is 2.99. The highest BCUT2D eigenvalue weighted by Gasteiger charge is 2.09. The first-order valence-corrected chi connectivity index (χ1v) is 5.74. The van der Waals surface area contributed by atoms with Crippen LogP contribution in [0.5, 0.6) is 0 Å². The number of anilines is 1. The second kappa shape index (κ2) is 5.89. The Kier molecular flexibility index (Phi) is 4.00. The number of H-pyrrole nitrogens is 1. The molecule has 0 spiro atoms. The summed E-state index contributed by atoms with van der Waals surface area (Å²) >= 11 is 0. The van der Waals surface area contributed by atoms with E-state index in [0.29, 0.717) is 24.1 Å². The number of carbonyl (C=O) groups excluding carboxylic acids is 1. The molecule has 0 fully saturated rings. The van der Waals surface area contributed by atoms with Gasteiger partial charge in [-0.3, -0.25) is 10.1 Å². The molecule has 18 heavy (non-hydrogen) atoms. The number of aromatic nitrogens is 5. The Balaban J connectivity index is 1.78. The van der Waals surface area contributed by atoms with Gasteiger partial charge in [0.25, 0.3) is 0 Å². The smallest absolute Gasteiger partial charge is 0.227 e. The van der Waals surface area contributed by atoms with Gasteiger partial charge in [0.2, 0.25) is 17.7 Å². The van der Waals surface area contributed by atoms with Gasteiger partial charge in [-0.2, -0.15) is 15.1 Å². The van der Waals surface area contributed by atoms with Crippen molar-refractivity contribution in [2.75, 3.05) is 5.32 Å². The molecular weight excluding hydrogens is 236 g/mol. The van der Waals surface area contributed by atoms with Crippen LogP contribution in [0.25, 0.3) is 0 Å². The van der Waals surface area contributed by atoms with Gasteiger partial charge in [0.05, 0.1) is 0 Å². The van der Waals surface area contributed by atoms with E-state index in [9.17, 15) is 4.79 Å². The highest BCUT2D eigenvalue weighted by Crippen LogP contribution is 2.04. The molecule has 0 saturated heterocycles. The number of aryl methyl sites for hydroxylation is 2. The van der Waals surface area contributed by atoms with Crippen molar-refractivity contribution in [2.45, 2.75) is 32.6 Å². The van der Waals surface area contributed by atoms with Gasteiger partial charge in [-0.15, -0.1) is 0 Å². The third-order valence-corrected chi connectivity index (χ3v) is 2.22. The number of nitrogens with one attached hydrogen (secondary N) is 2. The summed E-state index contributed by atoms with van der Waals surface area (Å²) in [5.41, 5.74) is 0. The van der Waals surface area contributed by atoms with Gasteiger partial charge in [-0.25, -0.2) is 5.10 Å². The minimum Gasteiger partial charge on any atom is -0.339 e. The minimum atomic E-state index is -0.179. The van der Waals surface area contributed by atoms with Crippen LogP contribution in [0.15, 0.2) is 10.9 Å². The van der Waals surface area contributed by atoms with E-state index in [1.165, 1.54) is 6.33 Å². The zero-order chi connectivity index (χ0) is 12.8. The highest BCUT2D eigenvalue weighted by molar-refractivity contribution is 5.88. The van der Waals surface area contributed by atoms with Gasteiger partial charge in [0.1, 0.15) is 6.33 Å². The summed E-state index contributed by atoms with van der Waals surface area (Å²) in [5.74, 6) is 1.31. The predicted octanol–water partition coefficient (Wildman–Crippen LogP) is 0.711. The van der Waals surface area contributed by atoms with E-state index in [-0.39, 0.29) is 12.3 Å². The zero-order valence-corrected chi connectivity index (χ0v) is 10.0. The number of aromatic amines is 1. The molecule has 0 aliphatic carbocycles. The first-order chi connectivity index (χ1) is 8.78. The van der Waals surface area contributed by atoms with Crippen molar-refractivity contribution in [3.63, 3.8) is 0 Å². The molecule has 0 atom stereocenters. The van der Waals surface area contributed by atoms with Crippen LogP contribution >= 0.6 is 0 Å². The summed E-state index contributed by atoms with van der Waals surface area (Å²) in [6.45, 7) is 2.04. The lowest BCUT2D eigenvalue weighted by atomic mass is 10.3. The third kappa shape index (κ3) is 3.37. The molecule has 0 bridgehead atoms. The molecule has 2 aromatic rings. The Hall–Kier alpha value is -2.25. The number of hydrogen-bond donors (Lipinski definition) is 2. The maximum absolute atomic E-state index is 11.5. The van der Waals surface area contributed by atoms with Crippen LogP contribution in [0.4, 0.5) is 5.95 Å². The summed E-state index contributed by atoms with van der Waals surface area (Å²) < 4.78 is 5.03. The second-order valence-electron chi connectivity index (χ2n) is 3.74. The molecule has 2 heterocycles. The fourth-order valence-electron chi connectivity index (χ4n) is 1.40. The Morgan fingerprint density at radius 3 is 3.11 bits per heavy atom. The molecule has 8 heteroatoms. The van der Waals surface area contributed by atoms with E-state index >= 15 is 0 Å². The van der Waals surface area contributed by atoms with Crippen LogP contribution in [0.3, 0.4) is 0 Å². The summed E-state index contributed by atoms with van der Waals surface area (Å²) in [7, 11) is 0. The number of hydrogen-bond acceptors (Lipinski definition) is 6. The molecule has 0 aliphatic heterocycles. The molecule has 8 nitrogen and oxygen atoms in total. The van der Waals surface area contributed by atoms with Gasteiger partial charge in [0, 0.05) is 19.3 Å². The average molecular weight is 250 g/mol. The quantitative estimate of drug-likeness (QED) is 0.781. The van der Waals surface area contributed by atoms with Gasteiger partial charge in [-0.1, -0.05) is 12.1 Å². The first-order valence-electron chi connectivity index (χ1n) is 5.74. The lowest BCUT2D eigenvalue weighted by molar-refractivity contribution is -0.116. The van der Waals surface area contributed by atoms with Crippen LogP contribution in [0.1, 0.15) is 31.5 Å². The van der Waals surface area contributed by atoms with Crippen LogP contribution in [-0.4, -0.2) is 31.2 Å². The topological polar surface area (TPSA) is 110 Å². The van der Waals surface area contributed by atoms with Crippen LogP contribution < -0.4 is 5.32 Å². The zero-order valence-electron chi connectivity index (χ0n) is 10.0. The number of rotatable bonds is 6. The van der Waals surface area contributed by atoms with Crippen molar-refractivity contribution in [1.82, 2.24) is 25.3 Å². The van der Waals surface area contributed by atoms with Crippen molar-refractivity contribution in [3.05, 3.63) is 18.0 Å². The maximum atomic E-state index is 11.5. The predicted molar refractivity (Wildman–Crippen MR) is 61.6 cm³/mol. The summed E-state index contributed by atoms with van der Waals surface area (Å²) in [5, 5.41) is 12.5. The molecule has 0 saturated carbocycles. The molecule has 2 N–H and O–H groups in total. The normalized spacial score (nSPS) is 10.5. The molecule has 0 unspecified atom stereocenters. The van der Waals surface area contributed by atoms with Crippen LogP contribution in [0, 0.1) is 0 Å². The van der Waals surface area contributed by atoms with Gasteiger partial charge in [-0.05, 0) is 6.42 Å². The fourth-order valence-corrected chi connectivity index (χ4v) is 1.40. The van der Waals surface area contributed by atoms with E-state index in [4.69, 9.17) is 4.52 Å². The number of amides is 1. The monoisotopic (exact) mass is 250 g/mol. The molecule has 0 aromatic carbocycles. The molecular formula is C10H14N6O2. The van der Waals surface area contributed by atoms with Crippen LogP contribution in [0.2, 0.25) is 0 Å². The lowest BCUT2D eigenvalue weighted by Gasteiger charge is -1.98. The van der Waals surface area contributed by atoms with Crippen molar-refractivity contribution < 1.29 is 9.32 Å². The van der Waals surface area contributed by atoms with Gasteiger partial charge < -0.3 is 4.52 Å². The number of carbonyl (C=O) groups is 1. The highest BCUT2D eigenvalue weighted by atomic mass is 16.5. The standard InChI is InChI=1S/C10H14N6O2/c1-2-3-7-13-9(18-16-7)5-4-8(17)14-10-11-6-12-15-10/h6H,2-5H2,1H3,(H2,11,12,14,15,17). The van der Waals surface area contributed by atoms with Gasteiger partial charge in [0.15, 0.2) is 5.82 Å². The van der Waals surface area contributed by atoms with E-state index in [1.807, 2.05) is 6.92 Å². The fraction of sp³-hybridized carbons (Fsp3) is 0.500. The summed E-state index contributed by atoms with van der Waals surface area (Å²) in [6, 6.07) is 0. The van der Waals surface area contributed by atoms with Crippen molar-refractivity contribution in [2.24, 2.45) is 0 Å². The van der Waals surface area contributed by atoms with Crippen molar-refractivity contribution in [3.8, 4) is 0 Å². The Morgan fingerprint density at radius 1 is 1.50 bits per heavy atom. The molecule has 2 rings (SSSR count). The molecule has 96 valence electrons. The summed E-state index contributed by atoms with van der Waals surface area (Å²) in [4.78, 5) is 19.5. The molecule has 0 aliphatic rings. The second-order valence-corrected chi connectivity index (χ2v) is 3.74. The minimum absolute atomic E-state index is 0.179. The summed E-state index contributed by atoms with van der Waals surface area (Å²) in [6.07, 6.45) is 3.74. The maximum Gasteiger partial charge on any atom is 0.227 e. The van der Waals surface area contributed by atoms with E-state index < -0.39 is 0 Å². The van der Waals surface area contributed by atoms with Crippen LogP contribution in [-0.2, 0) is 17.6 Å². The molecule has 0 radical (unpaired) electrons. The Morgan fingerprint density at radius 2 is 2.39 bits per heavy atom.